The third-order valence-electron chi connectivity index (χ3n) is 2.09. The predicted molar refractivity (Wildman–Crippen MR) is 61.9 cm³/mol. The van der Waals surface area contributed by atoms with Crippen LogP contribution in [0.2, 0.25) is 5.02 Å². The number of aryl methyl sites for hydroxylation is 1. The van der Waals surface area contributed by atoms with Crippen molar-refractivity contribution in [2.75, 3.05) is 0 Å². The first-order chi connectivity index (χ1) is 7.69. The van der Waals surface area contributed by atoms with Crippen LogP contribution in [0.15, 0.2) is 30.3 Å². The molecule has 1 aromatic heterocycles. The summed E-state index contributed by atoms with van der Waals surface area (Å²) in [6, 6.07) is 11.1. The molecule has 4 heteroatoms. The molecular weight excluding hydrogens is 222 g/mol. The van der Waals surface area contributed by atoms with Gasteiger partial charge in [0.1, 0.15) is 6.07 Å². The van der Waals surface area contributed by atoms with Gasteiger partial charge in [-0.2, -0.15) is 5.26 Å². The van der Waals surface area contributed by atoms with E-state index in [9.17, 15) is 0 Å². The van der Waals surface area contributed by atoms with Crippen molar-refractivity contribution in [1.82, 2.24) is 9.97 Å². The summed E-state index contributed by atoms with van der Waals surface area (Å²) in [4.78, 5) is 8.13. The van der Waals surface area contributed by atoms with Crippen LogP contribution < -0.4 is 0 Å². The molecule has 0 aliphatic rings. The Morgan fingerprint density at radius 1 is 1.19 bits per heavy atom. The zero-order chi connectivity index (χ0) is 11.5. The Morgan fingerprint density at radius 3 is 2.50 bits per heavy atom. The summed E-state index contributed by atoms with van der Waals surface area (Å²) in [5, 5.41) is 9.46. The second-order valence-electron chi connectivity index (χ2n) is 3.34. The van der Waals surface area contributed by atoms with Crippen molar-refractivity contribution in [3.05, 3.63) is 46.9 Å². The van der Waals surface area contributed by atoms with E-state index in [1.165, 1.54) is 0 Å². The molecule has 0 unspecified atom stereocenters. The third kappa shape index (κ3) is 2.18. The lowest BCUT2D eigenvalue weighted by Gasteiger charge is -2.02. The molecule has 2 aromatic rings. The maximum Gasteiger partial charge on any atom is 0.232 e. The predicted octanol–water partition coefficient (Wildman–Crippen LogP) is 2.98. The molecule has 0 radical (unpaired) electrons. The van der Waals surface area contributed by atoms with E-state index >= 15 is 0 Å². The molecule has 0 spiro atoms. The van der Waals surface area contributed by atoms with Crippen LogP contribution in [0.5, 0.6) is 0 Å². The number of hydrogen-bond donors (Lipinski definition) is 0. The standard InChI is InChI=1S/C12H8ClN3/c1-8-6-11(16-12(7-14)15-8)9-2-4-10(13)5-3-9/h2-6H,1H3. The van der Waals surface area contributed by atoms with Gasteiger partial charge in [-0.1, -0.05) is 23.7 Å². The number of nitriles is 1. The molecule has 0 saturated heterocycles. The van der Waals surface area contributed by atoms with Gasteiger partial charge in [0.05, 0.1) is 5.69 Å². The van der Waals surface area contributed by atoms with Gasteiger partial charge in [-0.25, -0.2) is 9.97 Å². The van der Waals surface area contributed by atoms with Gasteiger partial charge in [0, 0.05) is 16.3 Å². The van der Waals surface area contributed by atoms with Gasteiger partial charge in [0.25, 0.3) is 0 Å². The summed E-state index contributed by atoms with van der Waals surface area (Å²) in [5.74, 6) is 0.185. The summed E-state index contributed by atoms with van der Waals surface area (Å²) >= 11 is 5.80. The number of benzene rings is 1. The quantitative estimate of drug-likeness (QED) is 0.755. The summed E-state index contributed by atoms with van der Waals surface area (Å²) in [6.07, 6.45) is 0. The normalized spacial score (nSPS) is 9.81. The maximum atomic E-state index is 8.78. The molecule has 0 atom stereocenters. The summed E-state index contributed by atoms with van der Waals surface area (Å²) in [6.45, 7) is 1.84. The molecule has 0 aliphatic heterocycles. The highest BCUT2D eigenvalue weighted by Crippen LogP contribution is 2.20. The summed E-state index contributed by atoms with van der Waals surface area (Å²) in [7, 11) is 0. The molecule has 1 heterocycles. The smallest absolute Gasteiger partial charge is 0.224 e. The molecule has 78 valence electrons. The molecular formula is C12H8ClN3. The van der Waals surface area contributed by atoms with Crippen LogP contribution in [0.1, 0.15) is 11.5 Å². The number of halogens is 1. The molecule has 0 fully saturated rings. The molecule has 0 amide bonds. The Balaban J connectivity index is 2.52. The number of nitrogens with zero attached hydrogens (tertiary/aromatic N) is 3. The first kappa shape index (κ1) is 10.6. The molecule has 0 aliphatic carbocycles. The lowest BCUT2D eigenvalue weighted by Crippen LogP contribution is -1.94. The van der Waals surface area contributed by atoms with Gasteiger partial charge >= 0.3 is 0 Å². The van der Waals surface area contributed by atoms with E-state index in [1.807, 2.05) is 31.2 Å². The largest absolute Gasteiger partial charge is 0.232 e. The van der Waals surface area contributed by atoms with E-state index in [0.29, 0.717) is 5.02 Å². The highest BCUT2D eigenvalue weighted by molar-refractivity contribution is 6.30. The Morgan fingerprint density at radius 2 is 1.88 bits per heavy atom. The van der Waals surface area contributed by atoms with Crippen LogP contribution >= 0.6 is 11.6 Å². The lowest BCUT2D eigenvalue weighted by atomic mass is 10.1. The van der Waals surface area contributed by atoms with Crippen molar-refractivity contribution in [2.45, 2.75) is 6.92 Å². The van der Waals surface area contributed by atoms with Gasteiger partial charge in [0.2, 0.25) is 5.82 Å². The topological polar surface area (TPSA) is 49.6 Å². The third-order valence-corrected chi connectivity index (χ3v) is 2.35. The van der Waals surface area contributed by atoms with Crippen LogP contribution in [-0.2, 0) is 0 Å². The fourth-order valence-electron chi connectivity index (χ4n) is 1.39. The van der Waals surface area contributed by atoms with E-state index in [0.717, 1.165) is 17.0 Å². The average Bonchev–Trinajstić information content (AvgIpc) is 2.29. The molecule has 0 N–H and O–H groups in total. The van der Waals surface area contributed by atoms with Crippen molar-refractivity contribution in [1.29, 1.82) is 5.26 Å². The molecule has 2 rings (SSSR count). The maximum absolute atomic E-state index is 8.78. The van der Waals surface area contributed by atoms with E-state index in [2.05, 4.69) is 9.97 Å². The molecule has 0 saturated carbocycles. The van der Waals surface area contributed by atoms with Crippen molar-refractivity contribution in [3.63, 3.8) is 0 Å². The first-order valence-corrected chi connectivity index (χ1v) is 5.08. The second kappa shape index (κ2) is 4.30. The average molecular weight is 230 g/mol. The minimum atomic E-state index is 0.185. The Labute approximate surface area is 98.4 Å². The highest BCUT2D eigenvalue weighted by atomic mass is 35.5. The first-order valence-electron chi connectivity index (χ1n) is 4.71. The monoisotopic (exact) mass is 229 g/mol. The van der Waals surface area contributed by atoms with Crippen molar-refractivity contribution in [2.24, 2.45) is 0 Å². The second-order valence-corrected chi connectivity index (χ2v) is 3.77. The van der Waals surface area contributed by atoms with Crippen LogP contribution in [0.25, 0.3) is 11.3 Å². The summed E-state index contributed by atoms with van der Waals surface area (Å²) in [5.41, 5.74) is 2.43. The highest BCUT2D eigenvalue weighted by Gasteiger charge is 2.03. The Bertz CT molecular complexity index is 555. The number of rotatable bonds is 1. The van der Waals surface area contributed by atoms with Gasteiger partial charge < -0.3 is 0 Å². The van der Waals surface area contributed by atoms with E-state index in [1.54, 1.807) is 12.1 Å². The minimum Gasteiger partial charge on any atom is -0.224 e. The molecule has 0 bridgehead atoms. The van der Waals surface area contributed by atoms with Crippen LogP contribution in [0.3, 0.4) is 0 Å². The SMILES string of the molecule is Cc1cc(-c2ccc(Cl)cc2)nc(C#N)n1. The fourth-order valence-corrected chi connectivity index (χ4v) is 1.51. The zero-order valence-corrected chi connectivity index (χ0v) is 9.36. The van der Waals surface area contributed by atoms with Crippen molar-refractivity contribution < 1.29 is 0 Å². The number of aromatic nitrogens is 2. The van der Waals surface area contributed by atoms with E-state index in [4.69, 9.17) is 16.9 Å². The fraction of sp³-hybridized carbons (Fsp3) is 0.0833. The van der Waals surface area contributed by atoms with E-state index < -0.39 is 0 Å². The zero-order valence-electron chi connectivity index (χ0n) is 8.61. The summed E-state index contributed by atoms with van der Waals surface area (Å²) < 4.78 is 0. The minimum absolute atomic E-state index is 0.185. The molecule has 3 nitrogen and oxygen atoms in total. The Kier molecular flexibility index (Phi) is 2.84. The Hall–Kier alpha value is -1.92. The van der Waals surface area contributed by atoms with Crippen LogP contribution in [0.4, 0.5) is 0 Å². The van der Waals surface area contributed by atoms with E-state index in [-0.39, 0.29) is 5.82 Å². The number of hydrogen-bond acceptors (Lipinski definition) is 3. The van der Waals surface area contributed by atoms with Crippen LogP contribution in [0, 0.1) is 18.3 Å². The van der Waals surface area contributed by atoms with Crippen LogP contribution in [-0.4, -0.2) is 9.97 Å². The molecule has 16 heavy (non-hydrogen) atoms. The van der Waals surface area contributed by atoms with Crippen molar-refractivity contribution >= 4 is 11.6 Å². The van der Waals surface area contributed by atoms with Crippen molar-refractivity contribution in [3.8, 4) is 17.3 Å². The van der Waals surface area contributed by atoms with Gasteiger partial charge in [-0.15, -0.1) is 0 Å². The van der Waals surface area contributed by atoms with Gasteiger partial charge in [0.15, 0.2) is 0 Å². The lowest BCUT2D eigenvalue weighted by molar-refractivity contribution is 1.06. The van der Waals surface area contributed by atoms with Gasteiger partial charge in [-0.3, -0.25) is 0 Å². The molecule has 1 aromatic carbocycles. The van der Waals surface area contributed by atoms with Gasteiger partial charge in [-0.05, 0) is 25.1 Å².